The van der Waals surface area contributed by atoms with Crippen molar-refractivity contribution >= 4 is 28.4 Å². The van der Waals surface area contributed by atoms with Crippen LogP contribution < -0.4 is 10.6 Å². The molecule has 4 aromatic rings. The zero-order chi connectivity index (χ0) is 24.2. The molecule has 2 N–H and O–H groups in total. The van der Waals surface area contributed by atoms with Gasteiger partial charge in [0.25, 0.3) is 11.8 Å². The molecule has 0 spiro atoms. The fourth-order valence-corrected chi connectivity index (χ4v) is 3.76. The smallest absolute Gasteiger partial charge is 0.267 e. The van der Waals surface area contributed by atoms with Crippen molar-refractivity contribution in [2.45, 2.75) is 20.4 Å². The number of nitrogens with one attached hydrogen (secondary N) is 2. The second-order valence-electron chi connectivity index (χ2n) is 8.56. The van der Waals surface area contributed by atoms with Crippen molar-refractivity contribution in [3.8, 4) is 0 Å². The summed E-state index contributed by atoms with van der Waals surface area (Å²) in [6, 6.07) is 18.9. The Morgan fingerprint density at radius 3 is 2.44 bits per heavy atom. The molecule has 174 valence electrons. The molecule has 0 bridgehead atoms. The van der Waals surface area contributed by atoms with Crippen LogP contribution in [0, 0.1) is 17.6 Å². The Labute approximate surface area is 196 Å². The molecule has 0 atom stereocenters. The van der Waals surface area contributed by atoms with Gasteiger partial charge in [0, 0.05) is 29.7 Å². The Morgan fingerprint density at radius 2 is 1.71 bits per heavy atom. The number of carbonyl (C=O) groups is 2. The topological polar surface area (TPSA) is 63.1 Å². The maximum Gasteiger partial charge on any atom is 0.267 e. The van der Waals surface area contributed by atoms with Gasteiger partial charge >= 0.3 is 0 Å². The SMILES string of the molecule is CC(C)CNC(=O)c1cc2cc(NC(=O)c3ccccc3F)ccc2n1Cc1cccc(F)c1. The van der Waals surface area contributed by atoms with Gasteiger partial charge in [-0.05, 0) is 60.0 Å². The molecule has 0 saturated carbocycles. The van der Waals surface area contributed by atoms with Crippen LogP contribution in [0.5, 0.6) is 0 Å². The number of nitrogens with zero attached hydrogens (tertiary/aromatic N) is 1. The van der Waals surface area contributed by atoms with E-state index in [1.165, 1.54) is 30.3 Å². The number of halogens is 2. The number of hydrogen-bond acceptors (Lipinski definition) is 2. The second kappa shape index (κ2) is 9.87. The molecule has 0 fully saturated rings. The van der Waals surface area contributed by atoms with Gasteiger partial charge in [0.1, 0.15) is 17.3 Å². The first-order valence-electron chi connectivity index (χ1n) is 11.0. The number of aromatic nitrogens is 1. The summed E-state index contributed by atoms with van der Waals surface area (Å²) >= 11 is 0. The maximum atomic E-state index is 14.0. The van der Waals surface area contributed by atoms with Crippen LogP contribution in [-0.2, 0) is 6.54 Å². The molecule has 0 aliphatic heterocycles. The number of rotatable bonds is 7. The standard InChI is InChI=1S/C27H25F2N3O2/c1-17(2)15-30-27(34)25-14-19-13-21(31-26(33)22-8-3-4-9-23(22)29)10-11-24(19)32(25)16-18-6-5-7-20(28)12-18/h3-14,17H,15-16H2,1-2H3,(H,30,34)(H,31,33). The molecule has 1 heterocycles. The van der Waals surface area contributed by atoms with Gasteiger partial charge in [0.2, 0.25) is 0 Å². The average molecular weight is 462 g/mol. The van der Waals surface area contributed by atoms with E-state index < -0.39 is 11.7 Å². The molecule has 1 aromatic heterocycles. The fourth-order valence-electron chi connectivity index (χ4n) is 3.76. The third-order valence-corrected chi connectivity index (χ3v) is 5.41. The van der Waals surface area contributed by atoms with Crippen LogP contribution in [0.4, 0.5) is 14.5 Å². The van der Waals surface area contributed by atoms with Crippen molar-refractivity contribution in [2.75, 3.05) is 11.9 Å². The number of hydrogen-bond donors (Lipinski definition) is 2. The normalized spacial score (nSPS) is 11.1. The van der Waals surface area contributed by atoms with Gasteiger partial charge in [-0.25, -0.2) is 8.78 Å². The van der Waals surface area contributed by atoms with Gasteiger partial charge in [-0.15, -0.1) is 0 Å². The average Bonchev–Trinajstić information content (AvgIpc) is 3.15. The summed E-state index contributed by atoms with van der Waals surface area (Å²) in [6.07, 6.45) is 0. The zero-order valence-electron chi connectivity index (χ0n) is 18.9. The van der Waals surface area contributed by atoms with Crippen molar-refractivity contribution in [1.82, 2.24) is 9.88 Å². The fraction of sp³-hybridized carbons (Fsp3) is 0.185. The molecule has 5 nitrogen and oxygen atoms in total. The van der Waals surface area contributed by atoms with Crippen molar-refractivity contribution in [3.63, 3.8) is 0 Å². The summed E-state index contributed by atoms with van der Waals surface area (Å²) in [7, 11) is 0. The highest BCUT2D eigenvalue weighted by Gasteiger charge is 2.18. The molecular formula is C27H25F2N3O2. The van der Waals surface area contributed by atoms with E-state index in [-0.39, 0.29) is 23.2 Å². The molecule has 0 radical (unpaired) electrons. The largest absolute Gasteiger partial charge is 0.351 e. The van der Waals surface area contributed by atoms with Gasteiger partial charge in [-0.1, -0.05) is 38.1 Å². The highest BCUT2D eigenvalue weighted by atomic mass is 19.1. The predicted molar refractivity (Wildman–Crippen MR) is 129 cm³/mol. The highest BCUT2D eigenvalue weighted by Crippen LogP contribution is 2.26. The first-order valence-corrected chi connectivity index (χ1v) is 11.0. The van der Waals surface area contributed by atoms with Gasteiger partial charge < -0.3 is 15.2 Å². The minimum absolute atomic E-state index is 0.0555. The van der Waals surface area contributed by atoms with Gasteiger partial charge in [-0.3, -0.25) is 9.59 Å². The molecule has 34 heavy (non-hydrogen) atoms. The minimum atomic E-state index is -0.605. The number of anilines is 1. The van der Waals surface area contributed by atoms with Gasteiger partial charge in [-0.2, -0.15) is 0 Å². The Balaban J connectivity index is 1.69. The Kier molecular flexibility index (Phi) is 6.72. The van der Waals surface area contributed by atoms with E-state index in [9.17, 15) is 18.4 Å². The van der Waals surface area contributed by atoms with Crippen molar-refractivity contribution in [1.29, 1.82) is 0 Å². The molecule has 2 amide bonds. The van der Waals surface area contributed by atoms with Crippen LogP contribution >= 0.6 is 0 Å². The Bertz CT molecular complexity index is 1360. The van der Waals surface area contributed by atoms with Crippen LogP contribution in [0.1, 0.15) is 40.3 Å². The molecule has 3 aromatic carbocycles. The first-order chi connectivity index (χ1) is 16.3. The molecule has 0 unspecified atom stereocenters. The van der Waals surface area contributed by atoms with Crippen molar-refractivity contribution in [2.24, 2.45) is 5.92 Å². The Morgan fingerprint density at radius 1 is 0.912 bits per heavy atom. The van der Waals surface area contributed by atoms with E-state index in [0.717, 1.165) is 10.9 Å². The number of carbonyl (C=O) groups excluding carboxylic acids is 2. The molecule has 0 aliphatic rings. The summed E-state index contributed by atoms with van der Waals surface area (Å²) < 4.78 is 29.6. The summed E-state index contributed by atoms with van der Waals surface area (Å²) in [5, 5.41) is 6.35. The van der Waals surface area contributed by atoms with E-state index in [2.05, 4.69) is 10.6 Å². The van der Waals surface area contributed by atoms with Crippen LogP contribution in [0.25, 0.3) is 10.9 Å². The lowest BCUT2D eigenvalue weighted by molar-refractivity contribution is 0.0940. The lowest BCUT2D eigenvalue weighted by Gasteiger charge is -2.13. The van der Waals surface area contributed by atoms with Crippen molar-refractivity contribution < 1.29 is 18.4 Å². The van der Waals surface area contributed by atoms with Crippen LogP contribution in [0.2, 0.25) is 0 Å². The number of amides is 2. The Hall–Kier alpha value is -4.00. The van der Waals surface area contributed by atoms with Crippen LogP contribution in [-0.4, -0.2) is 22.9 Å². The third-order valence-electron chi connectivity index (χ3n) is 5.41. The predicted octanol–water partition coefficient (Wildman–Crippen LogP) is 5.61. The molecule has 4 rings (SSSR count). The van der Waals surface area contributed by atoms with E-state index >= 15 is 0 Å². The van der Waals surface area contributed by atoms with Gasteiger partial charge in [0.05, 0.1) is 5.56 Å². The maximum absolute atomic E-state index is 14.0. The summed E-state index contributed by atoms with van der Waals surface area (Å²) in [6.45, 7) is 4.83. The van der Waals surface area contributed by atoms with E-state index in [1.807, 2.05) is 18.4 Å². The quantitative estimate of drug-likeness (QED) is 0.376. The molecular weight excluding hydrogens is 436 g/mol. The van der Waals surface area contributed by atoms with Crippen molar-refractivity contribution in [3.05, 3.63) is 101 Å². The lowest BCUT2D eigenvalue weighted by atomic mass is 10.1. The third kappa shape index (κ3) is 5.14. The minimum Gasteiger partial charge on any atom is -0.351 e. The molecule has 7 heteroatoms. The van der Waals surface area contributed by atoms with Crippen LogP contribution in [0.15, 0.2) is 72.8 Å². The second-order valence-corrected chi connectivity index (χ2v) is 8.56. The highest BCUT2D eigenvalue weighted by molar-refractivity contribution is 6.06. The number of benzene rings is 3. The van der Waals surface area contributed by atoms with E-state index in [4.69, 9.17) is 0 Å². The van der Waals surface area contributed by atoms with Gasteiger partial charge in [0.15, 0.2) is 0 Å². The lowest BCUT2D eigenvalue weighted by Crippen LogP contribution is -2.29. The number of fused-ring (bicyclic) bond motifs is 1. The van der Waals surface area contributed by atoms with Crippen LogP contribution in [0.3, 0.4) is 0 Å². The summed E-state index contributed by atoms with van der Waals surface area (Å²) in [4.78, 5) is 25.5. The monoisotopic (exact) mass is 461 g/mol. The molecule has 0 saturated heterocycles. The summed E-state index contributed by atoms with van der Waals surface area (Å²) in [5.41, 5.74) is 2.31. The van der Waals surface area contributed by atoms with E-state index in [0.29, 0.717) is 30.0 Å². The zero-order valence-corrected chi connectivity index (χ0v) is 18.9. The summed E-state index contributed by atoms with van der Waals surface area (Å²) in [5.74, 6) is -1.47. The first kappa shape index (κ1) is 23.2. The van der Waals surface area contributed by atoms with E-state index in [1.54, 1.807) is 42.5 Å². The molecule has 0 aliphatic carbocycles.